The molecular weight excluding hydrogens is 334 g/mol. The predicted molar refractivity (Wildman–Crippen MR) is 96.1 cm³/mol. The summed E-state index contributed by atoms with van der Waals surface area (Å²) < 4.78 is 0. The van der Waals surface area contributed by atoms with Gasteiger partial charge < -0.3 is 11.1 Å². The third-order valence-corrected chi connectivity index (χ3v) is 4.39. The van der Waals surface area contributed by atoms with Crippen LogP contribution in [0.3, 0.4) is 0 Å². The van der Waals surface area contributed by atoms with Crippen molar-refractivity contribution < 1.29 is 19.2 Å². The maximum Gasteiger partial charge on any atom is 0.261 e. The normalized spacial score (nSPS) is 18.7. The number of carbonyl (C=O) groups excluding carboxylic acids is 4. The first kappa shape index (κ1) is 19.8. The number of Topliss-reactive ketones (excluding diaryl/α,β-unsaturated/α-hetero) is 1. The molecule has 0 saturated carbocycles. The Hall–Kier alpha value is -2.54. The Kier molecular flexibility index (Phi) is 7.03. The highest BCUT2D eigenvalue weighted by Gasteiger charge is 2.35. The molecule has 0 radical (unpaired) electrons. The SMILES string of the molecule is C[C@@H](CC(N)=O)CC(=O)N(C(=O)c1ccccc1)C1CCCNCC1=O. The number of nitrogens with two attached hydrogens (primary N) is 1. The van der Waals surface area contributed by atoms with E-state index in [1.165, 1.54) is 0 Å². The number of hydrogen-bond donors (Lipinski definition) is 2. The lowest BCUT2D eigenvalue weighted by Crippen LogP contribution is -2.50. The van der Waals surface area contributed by atoms with Gasteiger partial charge in [0, 0.05) is 18.4 Å². The number of primary amides is 1. The summed E-state index contributed by atoms with van der Waals surface area (Å²) in [6.07, 6.45) is 1.16. The van der Waals surface area contributed by atoms with Crippen molar-refractivity contribution in [3.05, 3.63) is 35.9 Å². The number of rotatable bonds is 6. The Morgan fingerprint density at radius 3 is 2.58 bits per heavy atom. The minimum absolute atomic E-state index is 0.0152. The van der Waals surface area contributed by atoms with Gasteiger partial charge in [0.2, 0.25) is 11.8 Å². The second-order valence-electron chi connectivity index (χ2n) is 6.72. The molecule has 1 fully saturated rings. The third-order valence-electron chi connectivity index (χ3n) is 4.39. The zero-order chi connectivity index (χ0) is 19.1. The fraction of sp³-hybridized carbons (Fsp3) is 0.474. The Morgan fingerprint density at radius 1 is 1.23 bits per heavy atom. The molecule has 0 spiro atoms. The summed E-state index contributed by atoms with van der Waals surface area (Å²) in [7, 11) is 0. The summed E-state index contributed by atoms with van der Waals surface area (Å²) in [4.78, 5) is 50.5. The number of amides is 3. The summed E-state index contributed by atoms with van der Waals surface area (Å²) in [5, 5.41) is 3.01. The topological polar surface area (TPSA) is 110 Å². The van der Waals surface area contributed by atoms with Crippen LogP contribution >= 0.6 is 0 Å². The molecule has 0 aliphatic carbocycles. The number of benzene rings is 1. The van der Waals surface area contributed by atoms with Crippen molar-refractivity contribution in [3.8, 4) is 0 Å². The minimum Gasteiger partial charge on any atom is -0.370 e. The first-order chi connectivity index (χ1) is 12.4. The van der Waals surface area contributed by atoms with E-state index in [9.17, 15) is 19.2 Å². The quantitative estimate of drug-likeness (QED) is 0.783. The van der Waals surface area contributed by atoms with Crippen LogP contribution in [0.15, 0.2) is 30.3 Å². The summed E-state index contributed by atoms with van der Waals surface area (Å²) >= 11 is 0. The van der Waals surface area contributed by atoms with Crippen LogP contribution in [0.4, 0.5) is 0 Å². The largest absolute Gasteiger partial charge is 0.370 e. The molecule has 7 heteroatoms. The number of ketones is 1. The highest BCUT2D eigenvalue weighted by molar-refractivity contribution is 6.08. The number of imide groups is 1. The van der Waals surface area contributed by atoms with Crippen LogP contribution < -0.4 is 11.1 Å². The van der Waals surface area contributed by atoms with E-state index in [1.54, 1.807) is 37.3 Å². The fourth-order valence-corrected chi connectivity index (χ4v) is 3.14. The van der Waals surface area contributed by atoms with Crippen molar-refractivity contribution in [2.45, 2.75) is 38.6 Å². The van der Waals surface area contributed by atoms with E-state index in [4.69, 9.17) is 5.73 Å². The van der Waals surface area contributed by atoms with Gasteiger partial charge in [0.25, 0.3) is 5.91 Å². The van der Waals surface area contributed by atoms with Gasteiger partial charge >= 0.3 is 0 Å². The van der Waals surface area contributed by atoms with Crippen LogP contribution in [-0.4, -0.2) is 47.5 Å². The molecule has 2 rings (SSSR count). The maximum absolute atomic E-state index is 13.0. The second-order valence-corrected chi connectivity index (χ2v) is 6.72. The average Bonchev–Trinajstić information content (AvgIpc) is 2.80. The second kappa shape index (κ2) is 9.24. The van der Waals surface area contributed by atoms with Crippen molar-refractivity contribution in [1.29, 1.82) is 0 Å². The summed E-state index contributed by atoms with van der Waals surface area (Å²) in [6.45, 7) is 2.53. The van der Waals surface area contributed by atoms with E-state index in [2.05, 4.69) is 5.32 Å². The molecule has 7 nitrogen and oxygen atoms in total. The number of nitrogens with one attached hydrogen (secondary N) is 1. The van der Waals surface area contributed by atoms with Gasteiger partial charge in [0.1, 0.15) is 0 Å². The first-order valence-corrected chi connectivity index (χ1v) is 8.83. The molecule has 2 atom stereocenters. The Bertz CT molecular complexity index is 675. The molecule has 3 N–H and O–H groups in total. The van der Waals surface area contributed by atoms with Gasteiger partial charge in [0.15, 0.2) is 5.78 Å². The van der Waals surface area contributed by atoms with Crippen LogP contribution in [0, 0.1) is 5.92 Å². The van der Waals surface area contributed by atoms with Crippen molar-refractivity contribution in [2.75, 3.05) is 13.1 Å². The smallest absolute Gasteiger partial charge is 0.261 e. The number of hydrogen-bond acceptors (Lipinski definition) is 5. The maximum atomic E-state index is 13.0. The van der Waals surface area contributed by atoms with Crippen LogP contribution in [0.5, 0.6) is 0 Å². The lowest BCUT2D eigenvalue weighted by molar-refractivity contribution is -0.137. The van der Waals surface area contributed by atoms with Crippen LogP contribution in [0.2, 0.25) is 0 Å². The molecule has 3 amide bonds. The lowest BCUT2D eigenvalue weighted by Gasteiger charge is -2.29. The van der Waals surface area contributed by atoms with Gasteiger partial charge in [-0.15, -0.1) is 0 Å². The van der Waals surface area contributed by atoms with Gasteiger partial charge in [-0.3, -0.25) is 24.1 Å². The van der Waals surface area contributed by atoms with Crippen molar-refractivity contribution >= 4 is 23.5 Å². The van der Waals surface area contributed by atoms with Crippen LogP contribution in [0.1, 0.15) is 43.0 Å². The molecule has 0 bridgehead atoms. The number of carbonyl (C=O) groups is 4. The van der Waals surface area contributed by atoms with Crippen molar-refractivity contribution in [2.24, 2.45) is 11.7 Å². The predicted octanol–water partition coefficient (Wildman–Crippen LogP) is 0.878. The van der Waals surface area contributed by atoms with Crippen molar-refractivity contribution in [1.82, 2.24) is 10.2 Å². The fourth-order valence-electron chi connectivity index (χ4n) is 3.14. The van der Waals surface area contributed by atoms with E-state index >= 15 is 0 Å². The monoisotopic (exact) mass is 359 g/mol. The Balaban J connectivity index is 2.28. The lowest BCUT2D eigenvalue weighted by atomic mass is 9.99. The molecule has 1 aliphatic rings. The van der Waals surface area contributed by atoms with Gasteiger partial charge in [0.05, 0.1) is 12.6 Å². The van der Waals surface area contributed by atoms with E-state index < -0.39 is 23.8 Å². The molecule has 140 valence electrons. The zero-order valence-electron chi connectivity index (χ0n) is 14.9. The highest BCUT2D eigenvalue weighted by Crippen LogP contribution is 2.19. The average molecular weight is 359 g/mol. The number of nitrogens with zero attached hydrogens (tertiary/aromatic N) is 1. The van der Waals surface area contributed by atoms with E-state index in [0.29, 0.717) is 24.9 Å². The third kappa shape index (κ3) is 5.23. The van der Waals surface area contributed by atoms with Gasteiger partial charge in [-0.2, -0.15) is 0 Å². The van der Waals surface area contributed by atoms with Crippen molar-refractivity contribution in [3.63, 3.8) is 0 Å². The Morgan fingerprint density at radius 2 is 1.92 bits per heavy atom. The van der Waals surface area contributed by atoms with Gasteiger partial charge in [-0.05, 0) is 37.4 Å². The first-order valence-electron chi connectivity index (χ1n) is 8.83. The van der Waals surface area contributed by atoms with Crippen LogP contribution in [0.25, 0.3) is 0 Å². The molecule has 1 aliphatic heterocycles. The minimum atomic E-state index is -0.786. The highest BCUT2D eigenvalue weighted by atomic mass is 16.2. The molecule has 0 aromatic heterocycles. The molecular formula is C19H25N3O4. The molecule has 1 aromatic carbocycles. The van der Waals surface area contributed by atoms with Gasteiger partial charge in [-0.25, -0.2) is 0 Å². The molecule has 26 heavy (non-hydrogen) atoms. The van der Waals surface area contributed by atoms with Gasteiger partial charge in [-0.1, -0.05) is 25.1 Å². The molecule has 1 unspecified atom stereocenters. The molecule has 1 aromatic rings. The Labute approximate surface area is 152 Å². The van der Waals surface area contributed by atoms with E-state index in [-0.39, 0.29) is 31.1 Å². The molecule has 1 saturated heterocycles. The standard InChI is InChI=1S/C19H25N3O4/c1-13(10-17(20)24)11-18(25)22(15-8-5-9-21-12-16(15)23)19(26)14-6-3-2-4-7-14/h2-4,6-7,13,15,21H,5,8-12H2,1H3,(H2,20,24)/t13-,15?/m0/s1. The summed E-state index contributed by atoms with van der Waals surface area (Å²) in [6, 6.07) is 7.65. The summed E-state index contributed by atoms with van der Waals surface area (Å²) in [5.41, 5.74) is 5.54. The van der Waals surface area contributed by atoms with Crippen LogP contribution in [-0.2, 0) is 14.4 Å². The molecule has 1 heterocycles. The zero-order valence-corrected chi connectivity index (χ0v) is 14.9. The van der Waals surface area contributed by atoms with E-state index in [1.807, 2.05) is 0 Å². The van der Waals surface area contributed by atoms with E-state index in [0.717, 1.165) is 4.90 Å². The summed E-state index contributed by atoms with van der Waals surface area (Å²) in [5.74, 6) is -1.91.